The Morgan fingerprint density at radius 3 is 2.93 bits per heavy atom. The molecule has 0 saturated carbocycles. The molecule has 0 radical (unpaired) electrons. The van der Waals surface area contributed by atoms with E-state index in [1.807, 2.05) is 16.7 Å². The lowest BCUT2D eigenvalue weighted by molar-refractivity contribution is 0.112. The molecule has 30 heavy (non-hydrogen) atoms. The Labute approximate surface area is 173 Å². The average molecular weight is 409 g/mol. The largest absolute Gasteiger partial charge is 0.493 e. The van der Waals surface area contributed by atoms with Crippen LogP contribution in [-0.4, -0.2) is 31.2 Å². The van der Waals surface area contributed by atoms with E-state index in [4.69, 9.17) is 20.9 Å². The Morgan fingerprint density at radius 2 is 2.17 bits per heavy atom. The second-order valence-electron chi connectivity index (χ2n) is 8.12. The molecule has 1 aromatic heterocycles. The van der Waals surface area contributed by atoms with Crippen molar-refractivity contribution in [2.45, 2.75) is 30.5 Å². The molecule has 7 heteroatoms. The Kier molecular flexibility index (Phi) is 4.43. The fraction of sp³-hybridized carbons (Fsp3) is 0.348. The summed E-state index contributed by atoms with van der Waals surface area (Å²) in [6.07, 6.45) is 1.51. The average Bonchev–Trinajstić information content (AvgIpc) is 3.22. The maximum Gasteiger partial charge on any atom is 0.150 e. The number of ether oxygens (including phenoxy) is 2. The van der Waals surface area contributed by atoms with E-state index < -0.39 is 11.6 Å². The van der Waals surface area contributed by atoms with Crippen LogP contribution in [0.4, 0.5) is 4.39 Å². The molecule has 6 nitrogen and oxygen atoms in total. The van der Waals surface area contributed by atoms with Crippen LogP contribution < -0.4 is 16.2 Å². The number of methoxy groups -OCH3 is 1. The van der Waals surface area contributed by atoms with Gasteiger partial charge in [0.25, 0.3) is 0 Å². The minimum Gasteiger partial charge on any atom is -0.493 e. The zero-order chi connectivity index (χ0) is 21.0. The highest BCUT2D eigenvalue weighted by Crippen LogP contribution is 2.57. The van der Waals surface area contributed by atoms with Crippen LogP contribution in [0.25, 0.3) is 10.9 Å². The van der Waals surface area contributed by atoms with Gasteiger partial charge in [0.1, 0.15) is 17.9 Å². The summed E-state index contributed by atoms with van der Waals surface area (Å²) >= 11 is 0. The maximum atomic E-state index is 14.1. The number of aldehydes is 1. The number of carbonyl (C=O) groups excluding carboxylic acids is 1. The van der Waals surface area contributed by atoms with Gasteiger partial charge in [-0.2, -0.15) is 0 Å². The van der Waals surface area contributed by atoms with Crippen LogP contribution in [0.2, 0.25) is 0 Å². The first-order valence-corrected chi connectivity index (χ1v) is 10.1. The summed E-state index contributed by atoms with van der Waals surface area (Å²) in [5.41, 5.74) is 17.0. The highest BCUT2D eigenvalue weighted by Gasteiger charge is 2.54. The van der Waals surface area contributed by atoms with Gasteiger partial charge in [-0.05, 0) is 48.4 Å². The Balaban J connectivity index is 1.75. The van der Waals surface area contributed by atoms with Crippen molar-refractivity contribution in [2.75, 3.05) is 20.3 Å². The number of benzene rings is 2. The summed E-state index contributed by atoms with van der Waals surface area (Å²) in [6.45, 7) is 1.48. The molecule has 0 fully saturated rings. The van der Waals surface area contributed by atoms with Crippen molar-refractivity contribution in [1.29, 1.82) is 0 Å². The second-order valence-corrected chi connectivity index (χ2v) is 8.12. The minimum absolute atomic E-state index is 0.0672. The highest BCUT2D eigenvalue weighted by atomic mass is 19.1. The fourth-order valence-corrected chi connectivity index (χ4v) is 5.22. The van der Waals surface area contributed by atoms with E-state index in [1.165, 1.54) is 12.1 Å². The molecule has 3 atom stereocenters. The standard InChI is InChI=1S/C23H24FN3O3/c1-29-7-5-27-18-11-15(24)3-2-14(18)10-20(27)23(26)17-4-6-30-19-9-13(12-28)8-16(21(17)19)22(23)25/h2-3,8-12,17,22H,4-7,25-26H2,1H3/t17?,22?,23-/m0/s1. The molecule has 2 heterocycles. The quantitative estimate of drug-likeness (QED) is 0.632. The van der Waals surface area contributed by atoms with E-state index in [0.717, 1.165) is 34.0 Å². The van der Waals surface area contributed by atoms with Crippen LogP contribution in [0.15, 0.2) is 36.4 Å². The van der Waals surface area contributed by atoms with Crippen LogP contribution in [0.3, 0.4) is 0 Å². The number of nitrogens with two attached hydrogens (primary N) is 2. The minimum atomic E-state index is -0.925. The first-order valence-electron chi connectivity index (χ1n) is 10.1. The third-order valence-corrected chi connectivity index (χ3v) is 6.60. The summed E-state index contributed by atoms with van der Waals surface area (Å²) in [5, 5.41) is 0.899. The molecule has 156 valence electrons. The number of aromatic nitrogens is 1. The molecule has 2 aromatic carbocycles. The predicted molar refractivity (Wildman–Crippen MR) is 111 cm³/mol. The first kappa shape index (κ1) is 19.2. The predicted octanol–water partition coefficient (Wildman–Crippen LogP) is 2.97. The Morgan fingerprint density at radius 1 is 1.33 bits per heavy atom. The van der Waals surface area contributed by atoms with Gasteiger partial charge in [0.05, 0.1) is 30.3 Å². The van der Waals surface area contributed by atoms with Gasteiger partial charge < -0.3 is 25.5 Å². The van der Waals surface area contributed by atoms with Crippen LogP contribution >= 0.6 is 0 Å². The third kappa shape index (κ3) is 2.56. The maximum absolute atomic E-state index is 14.1. The number of carbonyl (C=O) groups is 1. The van der Waals surface area contributed by atoms with Gasteiger partial charge in [-0.15, -0.1) is 0 Å². The zero-order valence-electron chi connectivity index (χ0n) is 16.7. The first-order chi connectivity index (χ1) is 14.5. The number of halogens is 1. The lowest BCUT2D eigenvalue weighted by Gasteiger charge is -2.38. The molecule has 1 aliphatic heterocycles. The van der Waals surface area contributed by atoms with Gasteiger partial charge in [0.2, 0.25) is 0 Å². The van der Waals surface area contributed by atoms with Gasteiger partial charge in [0.15, 0.2) is 0 Å². The summed E-state index contributed by atoms with van der Waals surface area (Å²) < 4.78 is 27.2. The number of hydrogen-bond acceptors (Lipinski definition) is 5. The van der Waals surface area contributed by atoms with Crippen LogP contribution in [0.5, 0.6) is 5.75 Å². The lowest BCUT2D eigenvalue weighted by Crippen LogP contribution is -2.49. The molecule has 0 bridgehead atoms. The Bertz CT molecular complexity index is 1160. The van der Waals surface area contributed by atoms with Crippen molar-refractivity contribution in [1.82, 2.24) is 4.57 Å². The van der Waals surface area contributed by atoms with E-state index in [9.17, 15) is 9.18 Å². The van der Waals surface area contributed by atoms with Crippen molar-refractivity contribution in [3.63, 3.8) is 0 Å². The van der Waals surface area contributed by atoms with Gasteiger partial charge in [-0.1, -0.05) is 0 Å². The van der Waals surface area contributed by atoms with Crippen molar-refractivity contribution in [3.8, 4) is 5.75 Å². The van der Waals surface area contributed by atoms with Crippen molar-refractivity contribution >= 4 is 17.2 Å². The lowest BCUT2D eigenvalue weighted by atomic mass is 9.77. The smallest absolute Gasteiger partial charge is 0.150 e. The highest BCUT2D eigenvalue weighted by molar-refractivity contribution is 5.83. The van der Waals surface area contributed by atoms with Crippen LogP contribution in [0.1, 0.15) is 45.6 Å². The summed E-state index contributed by atoms with van der Waals surface area (Å²) in [6, 6.07) is 9.77. The molecule has 2 unspecified atom stereocenters. The van der Waals surface area contributed by atoms with E-state index in [1.54, 1.807) is 19.2 Å². The van der Waals surface area contributed by atoms with E-state index in [2.05, 4.69) is 0 Å². The third-order valence-electron chi connectivity index (χ3n) is 6.60. The normalized spacial score (nSPS) is 24.7. The van der Waals surface area contributed by atoms with Crippen molar-refractivity contribution < 1.29 is 18.7 Å². The van der Waals surface area contributed by atoms with Crippen LogP contribution in [-0.2, 0) is 16.8 Å². The molecule has 0 amide bonds. The molecule has 0 spiro atoms. The molecule has 3 aromatic rings. The number of hydrogen-bond donors (Lipinski definition) is 2. The fourth-order valence-electron chi connectivity index (χ4n) is 5.22. The van der Waals surface area contributed by atoms with Crippen molar-refractivity contribution in [3.05, 3.63) is 64.6 Å². The van der Waals surface area contributed by atoms with Crippen LogP contribution in [0, 0.1) is 5.82 Å². The molecule has 4 N–H and O–H groups in total. The SMILES string of the molecule is COCCn1c([C@]2(N)C(N)c3cc(C=O)cc4c3C2CCO4)cc2ccc(F)cc21. The summed E-state index contributed by atoms with van der Waals surface area (Å²) in [7, 11) is 1.63. The van der Waals surface area contributed by atoms with Gasteiger partial charge >= 0.3 is 0 Å². The number of rotatable bonds is 5. The zero-order valence-corrected chi connectivity index (χ0v) is 16.7. The van der Waals surface area contributed by atoms with Gasteiger partial charge in [0, 0.05) is 41.8 Å². The van der Waals surface area contributed by atoms with Gasteiger partial charge in [-0.25, -0.2) is 4.39 Å². The van der Waals surface area contributed by atoms with E-state index >= 15 is 0 Å². The molecular formula is C23H24FN3O3. The molecule has 2 aliphatic rings. The van der Waals surface area contributed by atoms with Crippen molar-refractivity contribution in [2.24, 2.45) is 11.5 Å². The number of nitrogens with zero attached hydrogens (tertiary/aromatic N) is 1. The second kappa shape index (κ2) is 6.91. The summed E-state index contributed by atoms with van der Waals surface area (Å²) in [5.74, 6) is 0.307. The molecule has 0 saturated heterocycles. The van der Waals surface area contributed by atoms with E-state index in [-0.39, 0.29) is 11.7 Å². The van der Waals surface area contributed by atoms with Gasteiger partial charge in [-0.3, -0.25) is 4.79 Å². The topological polar surface area (TPSA) is 92.5 Å². The summed E-state index contributed by atoms with van der Waals surface area (Å²) in [4.78, 5) is 11.5. The number of fused-ring (bicyclic) bond motifs is 1. The van der Waals surface area contributed by atoms with E-state index in [0.29, 0.717) is 37.5 Å². The molecular weight excluding hydrogens is 385 g/mol. The molecule has 5 rings (SSSR count). The monoisotopic (exact) mass is 409 g/mol. The Hall–Kier alpha value is -2.74. The molecule has 1 aliphatic carbocycles.